The molecule has 0 saturated heterocycles. The molecule has 21 heavy (non-hydrogen) atoms. The first kappa shape index (κ1) is 15.7. The zero-order chi connectivity index (χ0) is 15.7. The second-order valence-electron chi connectivity index (χ2n) is 3.87. The van der Waals surface area contributed by atoms with Crippen molar-refractivity contribution in [3.05, 3.63) is 32.7 Å². The lowest BCUT2D eigenvalue weighted by molar-refractivity contribution is -0.385. The first-order chi connectivity index (χ1) is 9.86. The van der Waals surface area contributed by atoms with Crippen molar-refractivity contribution in [3.63, 3.8) is 0 Å². The van der Waals surface area contributed by atoms with Crippen LogP contribution in [0.5, 0.6) is 0 Å². The van der Waals surface area contributed by atoms with Crippen LogP contribution in [0.3, 0.4) is 0 Å². The molecule has 112 valence electrons. The maximum Gasteiger partial charge on any atom is 0.324 e. The van der Waals surface area contributed by atoms with Gasteiger partial charge in [-0.25, -0.2) is 18.2 Å². The van der Waals surface area contributed by atoms with Gasteiger partial charge in [-0.1, -0.05) is 0 Å². The number of nitrogens with two attached hydrogens (primary N) is 1. The highest BCUT2D eigenvalue weighted by Gasteiger charge is 2.34. The Hall–Kier alpha value is -1.67. The van der Waals surface area contributed by atoms with Gasteiger partial charge < -0.3 is 5.73 Å². The van der Waals surface area contributed by atoms with Gasteiger partial charge in [0.25, 0.3) is 6.43 Å². The molecular formula is C10H9BrF2N5O2P. The van der Waals surface area contributed by atoms with E-state index >= 15 is 0 Å². The van der Waals surface area contributed by atoms with Crippen LogP contribution < -0.4 is 5.73 Å². The van der Waals surface area contributed by atoms with E-state index in [1.165, 1.54) is 12.3 Å². The molecule has 7 nitrogen and oxygen atoms in total. The number of halogens is 3. The van der Waals surface area contributed by atoms with Crippen molar-refractivity contribution >= 4 is 36.0 Å². The Morgan fingerprint density at radius 3 is 2.76 bits per heavy atom. The normalized spacial score (nSPS) is 11.7. The maximum absolute atomic E-state index is 13.0. The smallest absolute Gasteiger partial charge is 0.324 e. The molecule has 2 rings (SSSR count). The van der Waals surface area contributed by atoms with Crippen molar-refractivity contribution < 1.29 is 13.7 Å². The second kappa shape index (κ2) is 5.98. The average molecular weight is 380 g/mol. The SMILES string of the molecule is CPn1nc(C(F)F)c([N+](=O)[O-])c1-c1cc(Br)ncc1N. The van der Waals surface area contributed by atoms with Crippen LogP contribution in [0.15, 0.2) is 16.9 Å². The minimum absolute atomic E-state index is 0.0447. The standard InChI is InChI=1S/C10H9BrF2N5O2P/c1-21-17-8(4-2-6(11)15-3-5(4)14)9(18(19)20)7(16-17)10(12)13/h2-3,10,21H,14H2,1H3. The summed E-state index contributed by atoms with van der Waals surface area (Å²) in [5.41, 5.74) is 4.50. The Bertz CT molecular complexity index is 709. The van der Waals surface area contributed by atoms with Crippen molar-refractivity contribution in [2.24, 2.45) is 0 Å². The third-order valence-corrected chi connectivity index (χ3v) is 3.82. The number of hydrogen-bond acceptors (Lipinski definition) is 5. The Morgan fingerprint density at radius 1 is 1.57 bits per heavy atom. The molecule has 0 fully saturated rings. The molecule has 0 aliphatic rings. The van der Waals surface area contributed by atoms with Crippen LogP contribution in [-0.4, -0.2) is 26.1 Å². The molecular weight excluding hydrogens is 371 g/mol. The van der Waals surface area contributed by atoms with Crippen LogP contribution in [-0.2, 0) is 0 Å². The number of pyridine rings is 1. The van der Waals surface area contributed by atoms with Crippen molar-refractivity contribution in [1.82, 2.24) is 14.5 Å². The Labute approximate surface area is 127 Å². The Balaban J connectivity index is 2.83. The first-order valence-corrected chi connectivity index (χ1v) is 7.75. The van der Waals surface area contributed by atoms with Gasteiger partial charge in [0.2, 0.25) is 5.69 Å². The minimum atomic E-state index is -3.05. The number of nitrogens with zero attached hydrogens (tertiary/aromatic N) is 4. The van der Waals surface area contributed by atoms with Gasteiger partial charge in [-0.05, 0) is 28.7 Å². The molecule has 0 saturated carbocycles. The van der Waals surface area contributed by atoms with Crippen molar-refractivity contribution in [1.29, 1.82) is 0 Å². The van der Waals surface area contributed by atoms with Gasteiger partial charge in [-0.3, -0.25) is 10.1 Å². The number of anilines is 1. The molecule has 0 spiro atoms. The maximum atomic E-state index is 13.0. The van der Waals surface area contributed by atoms with E-state index < -0.39 is 22.7 Å². The van der Waals surface area contributed by atoms with Crippen LogP contribution in [0.1, 0.15) is 12.1 Å². The quantitative estimate of drug-likeness (QED) is 0.380. The minimum Gasteiger partial charge on any atom is -0.397 e. The highest BCUT2D eigenvalue weighted by Crippen LogP contribution is 2.42. The van der Waals surface area contributed by atoms with Gasteiger partial charge in [-0.15, -0.1) is 0 Å². The van der Waals surface area contributed by atoms with Gasteiger partial charge in [0.1, 0.15) is 4.60 Å². The van der Waals surface area contributed by atoms with E-state index in [1.807, 2.05) is 0 Å². The molecule has 1 atom stereocenters. The predicted molar refractivity (Wildman–Crippen MR) is 78.8 cm³/mol. The topological polar surface area (TPSA) is 99.9 Å². The molecule has 0 radical (unpaired) electrons. The fourth-order valence-corrected chi connectivity index (χ4v) is 2.79. The lowest BCUT2D eigenvalue weighted by Crippen LogP contribution is -1.99. The summed E-state index contributed by atoms with van der Waals surface area (Å²) < 4.78 is 27.5. The van der Waals surface area contributed by atoms with E-state index in [0.29, 0.717) is 4.60 Å². The van der Waals surface area contributed by atoms with Gasteiger partial charge in [0.05, 0.1) is 16.8 Å². The lowest BCUT2D eigenvalue weighted by atomic mass is 10.1. The summed E-state index contributed by atoms with van der Waals surface area (Å²) in [4.78, 5) is 14.2. The molecule has 2 aromatic heterocycles. The van der Waals surface area contributed by atoms with Crippen LogP contribution >= 0.6 is 24.7 Å². The highest BCUT2D eigenvalue weighted by molar-refractivity contribution is 9.10. The molecule has 2 aromatic rings. The molecule has 0 aliphatic heterocycles. The molecule has 0 amide bonds. The van der Waals surface area contributed by atoms with E-state index in [4.69, 9.17) is 5.73 Å². The number of rotatable bonds is 4. The van der Waals surface area contributed by atoms with Crippen LogP contribution in [0.2, 0.25) is 0 Å². The van der Waals surface area contributed by atoms with E-state index in [0.717, 1.165) is 4.45 Å². The average Bonchev–Trinajstić information content (AvgIpc) is 2.81. The fourth-order valence-electron chi connectivity index (χ4n) is 1.80. The largest absolute Gasteiger partial charge is 0.397 e. The van der Waals surface area contributed by atoms with Crippen molar-refractivity contribution in [2.75, 3.05) is 12.4 Å². The molecule has 0 aliphatic carbocycles. The van der Waals surface area contributed by atoms with Crippen LogP contribution in [0, 0.1) is 10.1 Å². The summed E-state index contributed by atoms with van der Waals surface area (Å²) in [5, 5.41) is 14.8. The van der Waals surface area contributed by atoms with Gasteiger partial charge >= 0.3 is 5.69 Å². The number of hydrogen-bond donors (Lipinski definition) is 1. The summed E-state index contributed by atoms with van der Waals surface area (Å²) in [5.74, 6) is 0. The zero-order valence-electron chi connectivity index (χ0n) is 10.5. The fraction of sp³-hybridized carbons (Fsp3) is 0.200. The molecule has 2 N–H and O–H groups in total. The van der Waals surface area contributed by atoms with Gasteiger partial charge in [0.15, 0.2) is 5.69 Å². The van der Waals surface area contributed by atoms with E-state index in [9.17, 15) is 18.9 Å². The zero-order valence-corrected chi connectivity index (χ0v) is 13.1. The van der Waals surface area contributed by atoms with Crippen LogP contribution in [0.4, 0.5) is 20.2 Å². The van der Waals surface area contributed by atoms with E-state index in [1.54, 1.807) is 6.66 Å². The molecule has 1 unspecified atom stereocenters. The number of aromatic nitrogens is 3. The monoisotopic (exact) mass is 379 g/mol. The third-order valence-electron chi connectivity index (χ3n) is 2.64. The summed E-state index contributed by atoms with van der Waals surface area (Å²) in [6, 6.07) is 1.44. The van der Waals surface area contributed by atoms with E-state index in [-0.39, 0.29) is 25.7 Å². The molecule has 0 bridgehead atoms. The predicted octanol–water partition coefficient (Wildman–Crippen LogP) is 3.21. The van der Waals surface area contributed by atoms with Crippen LogP contribution in [0.25, 0.3) is 11.3 Å². The lowest BCUT2D eigenvalue weighted by Gasteiger charge is -2.07. The highest BCUT2D eigenvalue weighted by atomic mass is 79.9. The van der Waals surface area contributed by atoms with Crippen molar-refractivity contribution in [3.8, 4) is 11.3 Å². The number of nitrogen functional groups attached to an aromatic ring is 1. The third kappa shape index (κ3) is 2.86. The van der Waals surface area contributed by atoms with Crippen molar-refractivity contribution in [2.45, 2.75) is 6.43 Å². The summed E-state index contributed by atoms with van der Waals surface area (Å²) in [7, 11) is -0.0733. The molecule has 11 heteroatoms. The Kier molecular flexibility index (Phi) is 4.48. The number of nitro groups is 1. The second-order valence-corrected chi connectivity index (χ2v) is 5.55. The first-order valence-electron chi connectivity index (χ1n) is 5.51. The summed E-state index contributed by atoms with van der Waals surface area (Å²) in [6.45, 7) is 1.67. The summed E-state index contributed by atoms with van der Waals surface area (Å²) in [6.07, 6.45) is -1.75. The molecule has 2 heterocycles. The van der Waals surface area contributed by atoms with Gasteiger partial charge in [-0.2, -0.15) is 5.10 Å². The molecule has 0 aromatic carbocycles. The Morgan fingerprint density at radius 2 is 2.24 bits per heavy atom. The van der Waals surface area contributed by atoms with Gasteiger partial charge in [0, 0.05) is 14.3 Å². The summed E-state index contributed by atoms with van der Waals surface area (Å²) >= 11 is 3.13. The van der Waals surface area contributed by atoms with E-state index in [2.05, 4.69) is 26.0 Å². The number of alkyl halides is 2.